The topological polar surface area (TPSA) is 76.5 Å². The Balaban J connectivity index is 1.31. The number of carbonyl (C=O) groups is 2. The maximum atomic E-state index is 13.9. The van der Waals surface area contributed by atoms with Crippen LogP contribution >= 0.6 is 0 Å². The molecular weight excluding hydrogens is 435 g/mol. The summed E-state index contributed by atoms with van der Waals surface area (Å²) in [7, 11) is 1.84. The van der Waals surface area contributed by atoms with Crippen molar-refractivity contribution >= 4 is 11.8 Å². The fourth-order valence-electron chi connectivity index (χ4n) is 4.22. The van der Waals surface area contributed by atoms with E-state index in [0.29, 0.717) is 50.3 Å². The molecule has 1 saturated heterocycles. The van der Waals surface area contributed by atoms with Crippen molar-refractivity contribution in [1.82, 2.24) is 19.8 Å². The first-order valence-corrected chi connectivity index (χ1v) is 11.5. The molecule has 0 spiro atoms. The quantitative estimate of drug-likeness (QED) is 0.554. The molecule has 0 aliphatic carbocycles. The fourth-order valence-corrected chi connectivity index (χ4v) is 4.22. The number of piperidine rings is 1. The van der Waals surface area contributed by atoms with Gasteiger partial charge in [0, 0.05) is 38.4 Å². The van der Waals surface area contributed by atoms with Crippen molar-refractivity contribution in [2.24, 2.45) is 13.0 Å². The van der Waals surface area contributed by atoms with Crippen LogP contribution < -0.4 is 10.1 Å². The number of nitrogens with one attached hydrogen (secondary N) is 1. The van der Waals surface area contributed by atoms with Gasteiger partial charge in [0.1, 0.15) is 23.4 Å². The average Bonchev–Trinajstić information content (AvgIpc) is 3.28. The van der Waals surface area contributed by atoms with Crippen molar-refractivity contribution in [3.63, 3.8) is 0 Å². The summed E-state index contributed by atoms with van der Waals surface area (Å²) < 4.78 is 21.3. The van der Waals surface area contributed by atoms with Crippen LogP contribution in [0.4, 0.5) is 4.39 Å². The number of aryl methyl sites for hydroxylation is 1. The highest BCUT2D eigenvalue weighted by molar-refractivity contribution is 5.80. The molecule has 1 aliphatic rings. The molecule has 7 nitrogen and oxygen atoms in total. The van der Waals surface area contributed by atoms with Gasteiger partial charge in [0.05, 0.1) is 13.0 Å². The molecule has 4 rings (SSSR count). The van der Waals surface area contributed by atoms with Crippen LogP contribution in [-0.2, 0) is 16.6 Å². The summed E-state index contributed by atoms with van der Waals surface area (Å²) in [5.74, 6) is 0.698. The van der Waals surface area contributed by atoms with Crippen LogP contribution in [0.25, 0.3) is 0 Å². The Morgan fingerprint density at radius 2 is 1.91 bits per heavy atom. The van der Waals surface area contributed by atoms with Crippen molar-refractivity contribution in [3.8, 4) is 5.75 Å². The average molecular weight is 465 g/mol. The predicted octanol–water partition coefficient (Wildman–Crippen LogP) is 3.47. The van der Waals surface area contributed by atoms with E-state index < -0.39 is 6.04 Å². The zero-order valence-corrected chi connectivity index (χ0v) is 19.2. The Bertz CT molecular complexity index is 1110. The van der Waals surface area contributed by atoms with Gasteiger partial charge in [-0.3, -0.25) is 9.59 Å². The van der Waals surface area contributed by atoms with Gasteiger partial charge in [0.25, 0.3) is 0 Å². The third-order valence-corrected chi connectivity index (χ3v) is 6.13. The van der Waals surface area contributed by atoms with Crippen LogP contribution in [0.3, 0.4) is 0 Å². The summed E-state index contributed by atoms with van der Waals surface area (Å²) >= 11 is 0. The van der Waals surface area contributed by atoms with E-state index in [1.165, 1.54) is 12.1 Å². The molecule has 2 heterocycles. The standard InChI is InChI=1S/C26H29FN4O3/c1-30-16-13-28-25(30)24(20-6-5-7-21(27)18-20)29-26(33)19-10-14-31(15-11-19)23(32)12-17-34-22-8-3-2-4-9-22/h2-9,13,16,18-19,24H,10-12,14-15,17H2,1H3,(H,29,33). The molecule has 1 atom stereocenters. The molecule has 1 unspecified atom stereocenters. The summed E-state index contributed by atoms with van der Waals surface area (Å²) in [6.07, 6.45) is 4.90. The molecule has 1 aliphatic heterocycles. The van der Waals surface area contributed by atoms with Gasteiger partial charge >= 0.3 is 0 Å². The summed E-state index contributed by atoms with van der Waals surface area (Å²) in [6, 6.07) is 15.0. The first kappa shape index (κ1) is 23.5. The minimum Gasteiger partial charge on any atom is -0.493 e. The monoisotopic (exact) mass is 464 g/mol. The number of halogens is 1. The number of likely N-dealkylation sites (tertiary alicyclic amines) is 1. The number of nitrogens with zero attached hydrogens (tertiary/aromatic N) is 3. The predicted molar refractivity (Wildman–Crippen MR) is 125 cm³/mol. The van der Waals surface area contributed by atoms with Crippen LogP contribution in [0, 0.1) is 11.7 Å². The molecule has 8 heteroatoms. The van der Waals surface area contributed by atoms with Crippen LogP contribution in [0.5, 0.6) is 5.75 Å². The number of hydrogen-bond donors (Lipinski definition) is 1. The van der Waals surface area contributed by atoms with Gasteiger partial charge in [-0.1, -0.05) is 30.3 Å². The molecule has 34 heavy (non-hydrogen) atoms. The lowest BCUT2D eigenvalue weighted by molar-refractivity contribution is -0.136. The van der Waals surface area contributed by atoms with E-state index in [4.69, 9.17) is 4.74 Å². The van der Waals surface area contributed by atoms with Gasteiger partial charge in [-0.15, -0.1) is 0 Å². The molecule has 2 amide bonds. The SMILES string of the molecule is Cn1ccnc1C(NC(=O)C1CCN(C(=O)CCOc2ccccc2)CC1)c1cccc(F)c1. The highest BCUT2D eigenvalue weighted by atomic mass is 19.1. The molecule has 1 fully saturated rings. The minimum atomic E-state index is -0.557. The van der Waals surface area contributed by atoms with E-state index in [9.17, 15) is 14.0 Å². The zero-order chi connectivity index (χ0) is 23.9. The molecule has 3 aromatic rings. The maximum absolute atomic E-state index is 13.9. The molecule has 1 N–H and O–H groups in total. The first-order valence-electron chi connectivity index (χ1n) is 11.5. The normalized spacial score (nSPS) is 15.1. The Morgan fingerprint density at radius 1 is 1.15 bits per heavy atom. The summed E-state index contributed by atoms with van der Waals surface area (Å²) in [5.41, 5.74) is 0.633. The van der Waals surface area contributed by atoms with E-state index in [-0.39, 0.29) is 23.5 Å². The van der Waals surface area contributed by atoms with Gasteiger partial charge in [-0.05, 0) is 42.7 Å². The first-order chi connectivity index (χ1) is 16.5. The Kier molecular flexibility index (Phi) is 7.57. The van der Waals surface area contributed by atoms with Gasteiger partial charge in [0.15, 0.2) is 0 Å². The third kappa shape index (κ3) is 5.81. The maximum Gasteiger partial charge on any atom is 0.225 e. The summed E-state index contributed by atoms with van der Waals surface area (Å²) in [6.45, 7) is 1.37. The smallest absolute Gasteiger partial charge is 0.225 e. The van der Waals surface area contributed by atoms with E-state index in [2.05, 4.69) is 10.3 Å². The molecule has 178 valence electrons. The number of benzene rings is 2. The Morgan fingerprint density at radius 3 is 2.59 bits per heavy atom. The van der Waals surface area contributed by atoms with Crippen LogP contribution in [0.1, 0.15) is 36.7 Å². The fraction of sp³-hybridized carbons (Fsp3) is 0.346. The van der Waals surface area contributed by atoms with E-state index >= 15 is 0 Å². The molecule has 0 radical (unpaired) electrons. The van der Waals surface area contributed by atoms with E-state index in [1.807, 2.05) is 41.9 Å². The summed E-state index contributed by atoms with van der Waals surface area (Å²) in [5, 5.41) is 3.06. The highest BCUT2D eigenvalue weighted by Crippen LogP contribution is 2.24. The van der Waals surface area contributed by atoms with Gasteiger partial charge < -0.3 is 19.5 Å². The van der Waals surface area contributed by atoms with Gasteiger partial charge in [0.2, 0.25) is 11.8 Å². The highest BCUT2D eigenvalue weighted by Gasteiger charge is 2.30. The van der Waals surface area contributed by atoms with Crippen molar-refractivity contribution < 1.29 is 18.7 Å². The largest absolute Gasteiger partial charge is 0.493 e. The number of imidazole rings is 1. The van der Waals surface area contributed by atoms with Gasteiger partial charge in [-0.25, -0.2) is 9.37 Å². The number of carbonyl (C=O) groups excluding carboxylic acids is 2. The molecule has 1 aromatic heterocycles. The van der Waals surface area contributed by atoms with Crippen molar-refractivity contribution in [3.05, 3.63) is 84.2 Å². The lowest BCUT2D eigenvalue weighted by Gasteiger charge is -2.32. The van der Waals surface area contributed by atoms with Gasteiger partial charge in [-0.2, -0.15) is 0 Å². The number of ether oxygens (including phenoxy) is 1. The molecular formula is C26H29FN4O3. The number of amides is 2. The zero-order valence-electron chi connectivity index (χ0n) is 19.2. The van der Waals surface area contributed by atoms with Crippen molar-refractivity contribution in [2.45, 2.75) is 25.3 Å². The second-order valence-corrected chi connectivity index (χ2v) is 8.46. The van der Waals surface area contributed by atoms with Crippen LogP contribution in [0.15, 0.2) is 67.0 Å². The number of rotatable bonds is 8. The Hall–Kier alpha value is -3.68. The summed E-state index contributed by atoms with van der Waals surface area (Å²) in [4.78, 5) is 31.8. The van der Waals surface area contributed by atoms with E-state index in [1.54, 1.807) is 29.4 Å². The molecule has 0 saturated carbocycles. The van der Waals surface area contributed by atoms with Crippen LogP contribution in [0.2, 0.25) is 0 Å². The van der Waals surface area contributed by atoms with Crippen molar-refractivity contribution in [1.29, 1.82) is 0 Å². The van der Waals surface area contributed by atoms with E-state index in [0.717, 1.165) is 5.75 Å². The lowest BCUT2D eigenvalue weighted by Crippen LogP contribution is -2.44. The van der Waals surface area contributed by atoms with Crippen LogP contribution in [-0.4, -0.2) is 46.0 Å². The number of para-hydroxylation sites is 1. The molecule has 0 bridgehead atoms. The number of aromatic nitrogens is 2. The molecule has 2 aromatic carbocycles. The Labute approximate surface area is 198 Å². The minimum absolute atomic E-state index is 0.0282. The van der Waals surface area contributed by atoms with Crippen molar-refractivity contribution in [2.75, 3.05) is 19.7 Å². The second kappa shape index (κ2) is 11.0. The third-order valence-electron chi connectivity index (χ3n) is 6.13. The number of hydrogen-bond acceptors (Lipinski definition) is 4. The second-order valence-electron chi connectivity index (χ2n) is 8.46. The lowest BCUT2D eigenvalue weighted by atomic mass is 9.94.